The van der Waals surface area contributed by atoms with Gasteiger partial charge in [0.05, 0.1) is 17.0 Å². The fourth-order valence-corrected chi connectivity index (χ4v) is 3.86. The molecular weight excluding hydrogens is 409 g/mol. The highest BCUT2D eigenvalue weighted by atomic mass is 32.1. The van der Waals surface area contributed by atoms with Gasteiger partial charge in [-0.05, 0) is 56.2 Å². The molecule has 0 fully saturated rings. The van der Waals surface area contributed by atoms with Gasteiger partial charge in [-0.15, -0.1) is 11.3 Å². The summed E-state index contributed by atoms with van der Waals surface area (Å²) < 4.78 is 18.1. The van der Waals surface area contributed by atoms with Gasteiger partial charge in [-0.2, -0.15) is 0 Å². The molecule has 0 saturated heterocycles. The first-order valence-corrected chi connectivity index (χ1v) is 9.96. The molecular formula is C21H20FN3O4S. The van der Waals surface area contributed by atoms with Crippen LogP contribution in [0.25, 0.3) is 10.4 Å². The minimum absolute atomic E-state index is 0.161. The Balaban J connectivity index is 1.67. The van der Waals surface area contributed by atoms with E-state index in [-0.39, 0.29) is 18.1 Å². The van der Waals surface area contributed by atoms with Crippen LogP contribution in [0, 0.1) is 19.7 Å². The van der Waals surface area contributed by atoms with E-state index in [1.54, 1.807) is 45.0 Å². The number of benzene rings is 1. The number of rotatable bonds is 5. The number of aryl methyl sites for hydroxylation is 1. The third kappa shape index (κ3) is 4.41. The van der Waals surface area contributed by atoms with E-state index in [0.29, 0.717) is 21.7 Å². The zero-order valence-corrected chi connectivity index (χ0v) is 17.4. The van der Waals surface area contributed by atoms with Crippen LogP contribution in [0.3, 0.4) is 0 Å². The van der Waals surface area contributed by atoms with Crippen molar-refractivity contribution in [3.05, 3.63) is 69.6 Å². The maximum atomic E-state index is 13.1. The van der Waals surface area contributed by atoms with Crippen molar-refractivity contribution in [2.45, 2.75) is 20.8 Å². The average Bonchev–Trinajstić information content (AvgIpc) is 3.31. The van der Waals surface area contributed by atoms with Gasteiger partial charge in [-0.1, -0.05) is 12.1 Å². The van der Waals surface area contributed by atoms with Crippen molar-refractivity contribution in [3.63, 3.8) is 0 Å². The number of hydrazine groups is 1. The van der Waals surface area contributed by atoms with Crippen molar-refractivity contribution in [2.75, 3.05) is 6.61 Å². The molecule has 0 aliphatic heterocycles. The molecule has 156 valence electrons. The number of halogens is 1. The molecule has 0 saturated carbocycles. The number of nitrogens with one attached hydrogen (secondary N) is 3. The van der Waals surface area contributed by atoms with Crippen molar-refractivity contribution in [1.29, 1.82) is 0 Å². The Bertz CT molecular complexity index is 1100. The molecule has 0 spiro atoms. The summed E-state index contributed by atoms with van der Waals surface area (Å²) in [4.78, 5) is 40.9. The minimum Gasteiger partial charge on any atom is -0.462 e. The molecule has 2 amide bonds. The topological polar surface area (TPSA) is 100 Å². The second kappa shape index (κ2) is 8.91. The van der Waals surface area contributed by atoms with E-state index in [0.717, 1.165) is 10.4 Å². The molecule has 0 bridgehead atoms. The first-order chi connectivity index (χ1) is 14.3. The van der Waals surface area contributed by atoms with Gasteiger partial charge in [0.2, 0.25) is 0 Å². The second-order valence-electron chi connectivity index (χ2n) is 6.42. The quantitative estimate of drug-likeness (QED) is 0.425. The number of amides is 2. The number of hydrogen-bond donors (Lipinski definition) is 3. The Labute approximate surface area is 176 Å². The van der Waals surface area contributed by atoms with Crippen LogP contribution in [0.1, 0.15) is 48.7 Å². The molecule has 0 aliphatic rings. The van der Waals surface area contributed by atoms with Gasteiger partial charge in [0, 0.05) is 10.6 Å². The summed E-state index contributed by atoms with van der Waals surface area (Å²) in [5.74, 6) is -1.93. The van der Waals surface area contributed by atoms with Gasteiger partial charge >= 0.3 is 5.97 Å². The van der Waals surface area contributed by atoms with Crippen LogP contribution >= 0.6 is 11.3 Å². The molecule has 3 N–H and O–H groups in total. The summed E-state index contributed by atoms with van der Waals surface area (Å²) in [6.07, 6.45) is 0. The van der Waals surface area contributed by atoms with Crippen molar-refractivity contribution >= 4 is 29.1 Å². The summed E-state index contributed by atoms with van der Waals surface area (Å²) in [7, 11) is 0. The van der Waals surface area contributed by atoms with Gasteiger partial charge in [0.15, 0.2) is 0 Å². The fourth-order valence-electron chi connectivity index (χ4n) is 2.95. The van der Waals surface area contributed by atoms with E-state index in [1.165, 1.54) is 23.5 Å². The van der Waals surface area contributed by atoms with Crippen LogP contribution < -0.4 is 10.9 Å². The van der Waals surface area contributed by atoms with E-state index < -0.39 is 17.8 Å². The predicted octanol–water partition coefficient (Wildman–Crippen LogP) is 3.75. The second-order valence-corrected chi connectivity index (χ2v) is 7.51. The molecule has 0 radical (unpaired) electrons. The highest BCUT2D eigenvalue weighted by Gasteiger charge is 2.23. The van der Waals surface area contributed by atoms with Crippen molar-refractivity contribution < 1.29 is 23.5 Å². The number of carbonyl (C=O) groups is 3. The molecule has 7 nitrogen and oxygen atoms in total. The SMILES string of the molecule is CCOC(=O)c1c(C)[nH]c(C(=O)NNC(=O)c2ccc(-c3ccc(F)cc3)s2)c1C. The summed E-state index contributed by atoms with van der Waals surface area (Å²) >= 11 is 1.21. The van der Waals surface area contributed by atoms with E-state index in [2.05, 4.69) is 15.8 Å². The van der Waals surface area contributed by atoms with Crippen LogP contribution in [0.15, 0.2) is 36.4 Å². The van der Waals surface area contributed by atoms with Gasteiger partial charge in [0.25, 0.3) is 11.8 Å². The molecule has 9 heteroatoms. The van der Waals surface area contributed by atoms with E-state index in [9.17, 15) is 18.8 Å². The lowest BCUT2D eigenvalue weighted by Gasteiger charge is -2.06. The number of H-pyrrole nitrogens is 1. The van der Waals surface area contributed by atoms with Gasteiger partial charge in [-0.3, -0.25) is 20.4 Å². The Hall–Kier alpha value is -3.46. The molecule has 2 aromatic heterocycles. The lowest BCUT2D eigenvalue weighted by molar-refractivity contribution is 0.0524. The number of ether oxygens (including phenoxy) is 1. The maximum absolute atomic E-state index is 13.1. The number of aromatic amines is 1. The molecule has 3 aromatic rings. The van der Waals surface area contributed by atoms with E-state index >= 15 is 0 Å². The number of thiophene rings is 1. The van der Waals surface area contributed by atoms with Crippen molar-refractivity contribution in [2.24, 2.45) is 0 Å². The third-order valence-electron chi connectivity index (χ3n) is 4.39. The zero-order valence-electron chi connectivity index (χ0n) is 16.6. The number of hydrogen-bond acceptors (Lipinski definition) is 5. The smallest absolute Gasteiger partial charge is 0.340 e. The maximum Gasteiger partial charge on any atom is 0.340 e. The van der Waals surface area contributed by atoms with Gasteiger partial charge in [-0.25, -0.2) is 9.18 Å². The molecule has 0 unspecified atom stereocenters. The lowest BCUT2D eigenvalue weighted by Crippen LogP contribution is -2.41. The molecule has 0 atom stereocenters. The summed E-state index contributed by atoms with van der Waals surface area (Å²) in [5, 5.41) is 0. The predicted molar refractivity (Wildman–Crippen MR) is 111 cm³/mol. The third-order valence-corrected chi connectivity index (χ3v) is 5.53. The highest BCUT2D eigenvalue weighted by molar-refractivity contribution is 7.17. The number of aromatic nitrogens is 1. The Morgan fingerprint density at radius 3 is 2.37 bits per heavy atom. The van der Waals surface area contributed by atoms with Crippen molar-refractivity contribution in [3.8, 4) is 10.4 Å². The fraction of sp³-hybridized carbons (Fsp3) is 0.190. The van der Waals surface area contributed by atoms with Crippen LogP contribution in [0.4, 0.5) is 4.39 Å². The Morgan fingerprint density at radius 2 is 1.70 bits per heavy atom. The lowest BCUT2D eigenvalue weighted by atomic mass is 10.1. The van der Waals surface area contributed by atoms with Gasteiger partial charge < -0.3 is 9.72 Å². The van der Waals surface area contributed by atoms with Gasteiger partial charge in [0.1, 0.15) is 11.5 Å². The monoisotopic (exact) mass is 429 g/mol. The van der Waals surface area contributed by atoms with Crippen LogP contribution in [-0.4, -0.2) is 29.4 Å². The molecule has 30 heavy (non-hydrogen) atoms. The largest absolute Gasteiger partial charge is 0.462 e. The molecule has 3 rings (SSSR count). The number of carbonyl (C=O) groups excluding carboxylic acids is 3. The van der Waals surface area contributed by atoms with E-state index in [1.807, 2.05) is 0 Å². The highest BCUT2D eigenvalue weighted by Crippen LogP contribution is 2.28. The summed E-state index contributed by atoms with van der Waals surface area (Å²) in [5.41, 5.74) is 6.89. The molecule has 1 aromatic carbocycles. The Morgan fingerprint density at radius 1 is 1.03 bits per heavy atom. The molecule has 2 heterocycles. The Kier molecular flexibility index (Phi) is 6.31. The van der Waals surface area contributed by atoms with Crippen LogP contribution in [-0.2, 0) is 4.74 Å². The normalized spacial score (nSPS) is 10.5. The minimum atomic E-state index is -0.588. The first-order valence-electron chi connectivity index (χ1n) is 9.14. The van der Waals surface area contributed by atoms with E-state index in [4.69, 9.17) is 4.74 Å². The first kappa shape index (κ1) is 21.3. The molecule has 0 aliphatic carbocycles. The standard InChI is InChI=1S/C21H20FN3O4S/c1-4-29-21(28)17-11(2)18(23-12(17)3)20(27)25-24-19(26)16-10-9-15(30-16)13-5-7-14(22)8-6-13/h5-10,23H,4H2,1-3H3,(H,24,26)(H,25,27). The van der Waals surface area contributed by atoms with Crippen molar-refractivity contribution in [1.82, 2.24) is 15.8 Å². The van der Waals surface area contributed by atoms with Crippen LogP contribution in [0.5, 0.6) is 0 Å². The summed E-state index contributed by atoms with van der Waals surface area (Å²) in [6.45, 7) is 5.21. The van der Waals surface area contributed by atoms with Crippen LogP contribution in [0.2, 0.25) is 0 Å². The number of esters is 1. The average molecular weight is 429 g/mol. The zero-order chi connectivity index (χ0) is 21.8. The summed E-state index contributed by atoms with van der Waals surface area (Å²) in [6, 6.07) is 9.32.